The van der Waals surface area contributed by atoms with Crippen molar-refractivity contribution in [2.45, 2.75) is 39.2 Å². The van der Waals surface area contributed by atoms with Crippen molar-refractivity contribution < 1.29 is 9.32 Å². The van der Waals surface area contributed by atoms with E-state index in [4.69, 9.17) is 4.52 Å². The summed E-state index contributed by atoms with van der Waals surface area (Å²) in [5.41, 5.74) is 1.80. The van der Waals surface area contributed by atoms with Gasteiger partial charge < -0.3 is 4.52 Å². The predicted octanol–water partition coefficient (Wildman–Crippen LogP) is 2.91. The number of rotatable bonds is 4. The fourth-order valence-corrected chi connectivity index (χ4v) is 3.73. The van der Waals surface area contributed by atoms with Crippen molar-refractivity contribution in [3.05, 3.63) is 27.8 Å². The summed E-state index contributed by atoms with van der Waals surface area (Å²) >= 11 is 1.68. The molecule has 2 aromatic heterocycles. The molecule has 1 aliphatic heterocycles. The number of likely N-dealkylation sites (tertiary alicyclic amines) is 1. The Kier molecular flexibility index (Phi) is 4.54. The fraction of sp³-hybridized carbons (Fsp3) is 0.533. The molecule has 6 nitrogen and oxygen atoms in total. The Morgan fingerprint density at radius 3 is 3.00 bits per heavy atom. The fourth-order valence-electron chi connectivity index (χ4n) is 2.77. The summed E-state index contributed by atoms with van der Waals surface area (Å²) in [6, 6.07) is 1.96. The number of aryl methyl sites for hydroxylation is 2. The Hall–Kier alpha value is -1.73. The van der Waals surface area contributed by atoms with Gasteiger partial charge in [0.2, 0.25) is 11.8 Å². The molecule has 2 aromatic rings. The largest absolute Gasteiger partial charge is 0.338 e. The Labute approximate surface area is 133 Å². The second-order valence-electron chi connectivity index (χ2n) is 5.69. The Balaban J connectivity index is 1.64. The molecule has 3 heterocycles. The minimum atomic E-state index is -0.0728. The molecule has 1 fully saturated rings. The summed E-state index contributed by atoms with van der Waals surface area (Å²) in [5, 5.41) is 9.71. The van der Waals surface area contributed by atoms with Gasteiger partial charge in [-0.05, 0) is 33.2 Å². The van der Waals surface area contributed by atoms with Gasteiger partial charge in [-0.1, -0.05) is 11.6 Å². The summed E-state index contributed by atoms with van der Waals surface area (Å²) in [4.78, 5) is 19.0. The van der Waals surface area contributed by atoms with Crippen LogP contribution in [0.4, 0.5) is 5.88 Å². The highest BCUT2D eigenvalue weighted by atomic mass is 32.1. The molecule has 22 heavy (non-hydrogen) atoms. The van der Waals surface area contributed by atoms with Gasteiger partial charge in [0.25, 0.3) is 0 Å². The van der Waals surface area contributed by atoms with E-state index in [0.29, 0.717) is 12.4 Å². The lowest BCUT2D eigenvalue weighted by Gasteiger charge is -2.33. The van der Waals surface area contributed by atoms with Gasteiger partial charge in [0.05, 0.1) is 18.3 Å². The van der Waals surface area contributed by atoms with Gasteiger partial charge in [-0.15, -0.1) is 11.3 Å². The quantitative estimate of drug-likeness (QED) is 0.938. The van der Waals surface area contributed by atoms with Crippen LogP contribution in [0.3, 0.4) is 0 Å². The average Bonchev–Trinajstić information content (AvgIpc) is 3.08. The van der Waals surface area contributed by atoms with E-state index < -0.39 is 0 Å². The van der Waals surface area contributed by atoms with Crippen molar-refractivity contribution in [1.29, 1.82) is 0 Å². The molecule has 0 bridgehead atoms. The van der Waals surface area contributed by atoms with Gasteiger partial charge in [-0.25, -0.2) is 4.98 Å². The molecular weight excluding hydrogens is 300 g/mol. The number of carbonyl (C=O) groups is 1. The van der Waals surface area contributed by atoms with Crippen molar-refractivity contribution in [3.63, 3.8) is 0 Å². The van der Waals surface area contributed by atoms with Gasteiger partial charge in [0.1, 0.15) is 5.01 Å². The van der Waals surface area contributed by atoms with Crippen molar-refractivity contribution in [2.75, 3.05) is 18.4 Å². The molecule has 0 radical (unpaired) electrons. The van der Waals surface area contributed by atoms with Crippen LogP contribution in [0.1, 0.15) is 41.7 Å². The first-order valence-corrected chi connectivity index (χ1v) is 8.39. The maximum Gasteiger partial charge on any atom is 0.240 e. The minimum absolute atomic E-state index is 0.0728. The second kappa shape index (κ2) is 6.58. The molecular formula is C15H20N4O2S. The molecule has 118 valence electrons. The third-order valence-corrected chi connectivity index (χ3v) is 4.84. The van der Waals surface area contributed by atoms with Crippen molar-refractivity contribution >= 4 is 23.1 Å². The second-order valence-corrected chi connectivity index (χ2v) is 6.58. The number of hydrogen-bond donors (Lipinski definition) is 1. The summed E-state index contributed by atoms with van der Waals surface area (Å²) < 4.78 is 5.03. The van der Waals surface area contributed by atoms with E-state index in [1.54, 1.807) is 17.4 Å². The zero-order valence-corrected chi connectivity index (χ0v) is 13.7. The predicted molar refractivity (Wildman–Crippen MR) is 84.9 cm³/mol. The number of piperidine rings is 1. The highest BCUT2D eigenvalue weighted by molar-refractivity contribution is 7.09. The summed E-state index contributed by atoms with van der Waals surface area (Å²) in [5.74, 6) is 0.331. The topological polar surface area (TPSA) is 71.3 Å². The Morgan fingerprint density at radius 1 is 1.45 bits per heavy atom. The Morgan fingerprint density at radius 2 is 2.32 bits per heavy atom. The van der Waals surface area contributed by atoms with E-state index in [1.807, 2.05) is 13.8 Å². The van der Waals surface area contributed by atoms with Gasteiger partial charge in [0, 0.05) is 17.1 Å². The number of nitrogens with one attached hydrogen (secondary N) is 1. The highest BCUT2D eigenvalue weighted by Crippen LogP contribution is 2.32. The normalized spacial score (nSPS) is 19.3. The number of carbonyl (C=O) groups excluding carboxylic acids is 1. The van der Waals surface area contributed by atoms with Crippen LogP contribution in [-0.2, 0) is 4.79 Å². The third kappa shape index (κ3) is 3.53. The number of anilines is 1. The molecule has 1 saturated heterocycles. The third-order valence-electron chi connectivity index (χ3n) is 3.77. The number of hydrogen-bond acceptors (Lipinski definition) is 6. The van der Waals surface area contributed by atoms with Gasteiger partial charge in [-0.2, -0.15) is 0 Å². The number of amides is 1. The maximum atomic E-state index is 12.2. The highest BCUT2D eigenvalue weighted by Gasteiger charge is 2.27. The van der Waals surface area contributed by atoms with E-state index in [1.165, 1.54) is 6.42 Å². The average molecular weight is 320 g/mol. The van der Waals surface area contributed by atoms with Crippen LogP contribution in [-0.4, -0.2) is 34.0 Å². The van der Waals surface area contributed by atoms with Crippen LogP contribution in [0.25, 0.3) is 0 Å². The van der Waals surface area contributed by atoms with E-state index in [2.05, 4.69) is 25.7 Å². The van der Waals surface area contributed by atoms with Gasteiger partial charge in [-0.3, -0.25) is 15.0 Å². The van der Waals surface area contributed by atoms with Crippen LogP contribution >= 0.6 is 11.3 Å². The maximum absolute atomic E-state index is 12.2. The molecule has 1 N–H and O–H groups in total. The van der Waals surface area contributed by atoms with Crippen molar-refractivity contribution in [1.82, 2.24) is 15.0 Å². The minimum Gasteiger partial charge on any atom is -0.338 e. The zero-order chi connectivity index (χ0) is 15.5. The van der Waals surface area contributed by atoms with Gasteiger partial charge >= 0.3 is 0 Å². The van der Waals surface area contributed by atoms with E-state index in [-0.39, 0.29) is 11.9 Å². The lowest BCUT2D eigenvalue weighted by atomic mass is 10.0. The van der Waals surface area contributed by atoms with Crippen LogP contribution in [0.15, 0.2) is 16.0 Å². The van der Waals surface area contributed by atoms with Crippen LogP contribution in [0.2, 0.25) is 0 Å². The molecule has 0 spiro atoms. The van der Waals surface area contributed by atoms with Crippen molar-refractivity contribution in [2.24, 2.45) is 0 Å². The molecule has 1 aliphatic rings. The standard InChI is InChI=1S/C15H20N4O2S/c1-10-7-14(21-18-10)17-13(20)8-19-6-4-3-5-12(19)15-16-11(2)9-22-15/h7,9,12H,3-6,8H2,1-2H3,(H,17,20). The first-order valence-electron chi connectivity index (χ1n) is 7.51. The Bertz CT molecular complexity index is 652. The van der Waals surface area contributed by atoms with Crippen molar-refractivity contribution in [3.8, 4) is 0 Å². The molecule has 0 aromatic carbocycles. The lowest BCUT2D eigenvalue weighted by molar-refractivity contribution is -0.118. The first kappa shape index (κ1) is 15.2. The van der Waals surface area contributed by atoms with Crippen LogP contribution in [0, 0.1) is 13.8 Å². The lowest BCUT2D eigenvalue weighted by Crippen LogP contribution is -2.39. The molecule has 0 saturated carbocycles. The molecule has 1 amide bonds. The van der Waals surface area contributed by atoms with Crippen LogP contribution < -0.4 is 5.32 Å². The smallest absolute Gasteiger partial charge is 0.240 e. The van der Waals surface area contributed by atoms with Crippen LogP contribution in [0.5, 0.6) is 0 Å². The molecule has 1 atom stereocenters. The van der Waals surface area contributed by atoms with Gasteiger partial charge in [0.15, 0.2) is 0 Å². The first-order chi connectivity index (χ1) is 10.6. The number of aromatic nitrogens is 2. The zero-order valence-electron chi connectivity index (χ0n) is 12.8. The molecule has 1 unspecified atom stereocenters. The summed E-state index contributed by atoms with van der Waals surface area (Å²) in [6.07, 6.45) is 3.36. The van der Waals surface area contributed by atoms with E-state index >= 15 is 0 Å². The summed E-state index contributed by atoms with van der Waals surface area (Å²) in [7, 11) is 0. The summed E-state index contributed by atoms with van der Waals surface area (Å²) in [6.45, 7) is 5.10. The monoisotopic (exact) mass is 320 g/mol. The molecule has 0 aliphatic carbocycles. The van der Waals surface area contributed by atoms with E-state index in [9.17, 15) is 4.79 Å². The molecule has 3 rings (SSSR count). The SMILES string of the molecule is Cc1cc(NC(=O)CN2CCCCC2c2nc(C)cs2)on1. The number of nitrogens with zero attached hydrogens (tertiary/aromatic N) is 3. The van der Waals surface area contributed by atoms with E-state index in [0.717, 1.165) is 35.8 Å². The number of thiazole rings is 1. The molecule has 7 heteroatoms.